The molecule has 0 unspecified atom stereocenters. The van der Waals surface area contributed by atoms with Gasteiger partial charge in [-0.05, 0) is 37.1 Å². The Hall–Kier alpha value is -1.39. The lowest BCUT2D eigenvalue weighted by molar-refractivity contribution is -0.127. The smallest absolute Gasteiger partial charge is 0.240 e. The van der Waals surface area contributed by atoms with Crippen LogP contribution in [0, 0.1) is 0 Å². The van der Waals surface area contributed by atoms with Crippen molar-refractivity contribution in [2.24, 2.45) is 5.73 Å². The molecule has 0 radical (unpaired) electrons. The average Bonchev–Trinajstić information content (AvgIpc) is 2.58. The summed E-state index contributed by atoms with van der Waals surface area (Å²) in [7, 11) is 0. The van der Waals surface area contributed by atoms with Crippen molar-refractivity contribution in [2.75, 3.05) is 13.1 Å². The number of hydrogen-bond acceptors (Lipinski definition) is 3. The highest BCUT2D eigenvalue weighted by molar-refractivity contribution is 5.86. The van der Waals surface area contributed by atoms with Gasteiger partial charge in [-0.25, -0.2) is 0 Å². The van der Waals surface area contributed by atoms with Crippen LogP contribution >= 0.6 is 0 Å². The second-order valence-electron chi connectivity index (χ2n) is 6.68. The van der Waals surface area contributed by atoms with Gasteiger partial charge in [-0.15, -0.1) is 0 Å². The van der Waals surface area contributed by atoms with E-state index in [4.69, 9.17) is 5.73 Å². The van der Waals surface area contributed by atoms with Crippen molar-refractivity contribution >= 4 is 5.91 Å². The molecule has 23 heavy (non-hydrogen) atoms. The lowest BCUT2D eigenvalue weighted by Crippen LogP contribution is -2.54. The third-order valence-corrected chi connectivity index (χ3v) is 4.94. The number of benzene rings is 1. The molecule has 1 aromatic rings. The lowest BCUT2D eigenvalue weighted by Gasteiger charge is -2.31. The van der Waals surface area contributed by atoms with E-state index >= 15 is 0 Å². The van der Waals surface area contributed by atoms with Gasteiger partial charge in [-0.2, -0.15) is 0 Å². The van der Waals surface area contributed by atoms with Gasteiger partial charge in [0.25, 0.3) is 0 Å². The molecule has 4 nitrogen and oxygen atoms in total. The zero-order valence-electron chi connectivity index (χ0n) is 14.6. The predicted octanol–water partition coefficient (Wildman–Crippen LogP) is 2.81. The third-order valence-electron chi connectivity index (χ3n) is 4.94. The Morgan fingerprint density at radius 1 is 1.17 bits per heavy atom. The van der Waals surface area contributed by atoms with Gasteiger partial charge in [0.15, 0.2) is 0 Å². The van der Waals surface area contributed by atoms with Crippen molar-refractivity contribution in [3.63, 3.8) is 0 Å². The number of amides is 1. The van der Waals surface area contributed by atoms with Gasteiger partial charge < -0.3 is 11.1 Å². The van der Waals surface area contributed by atoms with Gasteiger partial charge >= 0.3 is 0 Å². The van der Waals surface area contributed by atoms with E-state index in [1.807, 2.05) is 0 Å². The summed E-state index contributed by atoms with van der Waals surface area (Å²) in [5, 5.41) is 3.04. The number of nitrogens with zero attached hydrogens (tertiary/aromatic N) is 1. The number of hydrogen-bond donors (Lipinski definition) is 2. The molecule has 1 amide bonds. The molecule has 0 bridgehead atoms. The standard InChI is InChI=1S/C19H31N3O/c1-3-22(4-2)15-17-10-8-9-16(13-17)14-21-18(23)19(20)11-6-5-7-12-19/h8-10,13H,3-7,11-12,14-15,20H2,1-2H3,(H,21,23). The van der Waals surface area contributed by atoms with E-state index in [0.717, 1.165) is 50.9 Å². The summed E-state index contributed by atoms with van der Waals surface area (Å²) >= 11 is 0. The lowest BCUT2D eigenvalue weighted by atomic mass is 9.82. The van der Waals surface area contributed by atoms with E-state index in [0.29, 0.717) is 6.54 Å². The van der Waals surface area contributed by atoms with E-state index in [2.05, 4.69) is 48.3 Å². The maximum Gasteiger partial charge on any atom is 0.240 e. The first kappa shape index (κ1) is 18.0. The van der Waals surface area contributed by atoms with Gasteiger partial charge in [0.2, 0.25) is 5.91 Å². The summed E-state index contributed by atoms with van der Waals surface area (Å²) in [6.07, 6.45) is 4.92. The van der Waals surface area contributed by atoms with Gasteiger partial charge in [0.05, 0.1) is 5.54 Å². The Kier molecular flexibility index (Phi) is 6.60. The number of nitrogens with one attached hydrogen (secondary N) is 1. The summed E-state index contributed by atoms with van der Waals surface area (Å²) in [6.45, 7) is 7.97. The molecule has 0 aliphatic heterocycles. The fourth-order valence-electron chi connectivity index (χ4n) is 3.31. The molecule has 1 aliphatic rings. The number of rotatable bonds is 7. The van der Waals surface area contributed by atoms with E-state index in [1.165, 1.54) is 12.0 Å². The van der Waals surface area contributed by atoms with Crippen LogP contribution in [0.3, 0.4) is 0 Å². The predicted molar refractivity (Wildman–Crippen MR) is 94.9 cm³/mol. The Labute approximate surface area is 140 Å². The highest BCUT2D eigenvalue weighted by atomic mass is 16.2. The van der Waals surface area contributed by atoms with Crippen LogP contribution < -0.4 is 11.1 Å². The number of carbonyl (C=O) groups is 1. The topological polar surface area (TPSA) is 58.4 Å². The second kappa shape index (κ2) is 8.46. The zero-order chi connectivity index (χ0) is 16.7. The van der Waals surface area contributed by atoms with Crippen LogP contribution in [0.25, 0.3) is 0 Å². The third kappa shape index (κ3) is 5.05. The molecule has 0 spiro atoms. The minimum atomic E-state index is -0.656. The first-order valence-electron chi connectivity index (χ1n) is 8.94. The average molecular weight is 317 g/mol. The van der Waals surface area contributed by atoms with Crippen molar-refractivity contribution in [3.05, 3.63) is 35.4 Å². The molecule has 0 atom stereocenters. The summed E-state index contributed by atoms with van der Waals surface area (Å²) in [4.78, 5) is 14.8. The molecule has 1 aliphatic carbocycles. The molecule has 4 heteroatoms. The fraction of sp³-hybridized carbons (Fsp3) is 0.632. The van der Waals surface area contributed by atoms with Crippen molar-refractivity contribution in [1.82, 2.24) is 10.2 Å². The number of carbonyl (C=O) groups excluding carboxylic acids is 1. The van der Waals surface area contributed by atoms with Gasteiger partial charge in [-0.1, -0.05) is 57.4 Å². The first-order chi connectivity index (χ1) is 11.1. The fourth-order valence-corrected chi connectivity index (χ4v) is 3.31. The minimum Gasteiger partial charge on any atom is -0.350 e. The van der Waals surface area contributed by atoms with Crippen molar-refractivity contribution in [2.45, 2.75) is 64.6 Å². The molecule has 0 heterocycles. The molecule has 0 aromatic heterocycles. The summed E-state index contributed by atoms with van der Waals surface area (Å²) < 4.78 is 0. The summed E-state index contributed by atoms with van der Waals surface area (Å²) in [5.74, 6) is 0.00588. The van der Waals surface area contributed by atoms with Crippen LogP contribution in [0.4, 0.5) is 0 Å². The normalized spacial score (nSPS) is 17.2. The summed E-state index contributed by atoms with van der Waals surface area (Å²) in [6, 6.07) is 8.47. The Morgan fingerprint density at radius 3 is 2.48 bits per heavy atom. The molecule has 1 fully saturated rings. The highest BCUT2D eigenvalue weighted by Crippen LogP contribution is 2.26. The second-order valence-corrected chi connectivity index (χ2v) is 6.68. The Bertz CT molecular complexity index is 505. The SMILES string of the molecule is CCN(CC)Cc1cccc(CNC(=O)C2(N)CCCCC2)c1. The zero-order valence-corrected chi connectivity index (χ0v) is 14.6. The van der Waals surface area contributed by atoms with Crippen LogP contribution in [0.5, 0.6) is 0 Å². The molecule has 1 aromatic carbocycles. The van der Waals surface area contributed by atoms with Gasteiger partial charge in [0.1, 0.15) is 0 Å². The minimum absolute atomic E-state index is 0.00588. The van der Waals surface area contributed by atoms with Gasteiger partial charge in [0, 0.05) is 13.1 Å². The van der Waals surface area contributed by atoms with Crippen LogP contribution in [0.15, 0.2) is 24.3 Å². The first-order valence-corrected chi connectivity index (χ1v) is 8.94. The molecular formula is C19H31N3O. The Morgan fingerprint density at radius 2 is 1.83 bits per heavy atom. The van der Waals surface area contributed by atoms with Crippen molar-refractivity contribution in [1.29, 1.82) is 0 Å². The van der Waals surface area contributed by atoms with Crippen LogP contribution in [0.2, 0.25) is 0 Å². The largest absolute Gasteiger partial charge is 0.350 e. The van der Waals surface area contributed by atoms with Gasteiger partial charge in [-0.3, -0.25) is 9.69 Å². The molecule has 3 N–H and O–H groups in total. The van der Waals surface area contributed by atoms with Crippen LogP contribution in [0.1, 0.15) is 57.1 Å². The van der Waals surface area contributed by atoms with E-state index in [9.17, 15) is 4.79 Å². The maximum absolute atomic E-state index is 12.4. The summed E-state index contributed by atoms with van der Waals surface area (Å²) in [5.41, 5.74) is 8.06. The van der Waals surface area contributed by atoms with E-state index in [1.54, 1.807) is 0 Å². The van der Waals surface area contributed by atoms with Crippen LogP contribution in [-0.4, -0.2) is 29.4 Å². The molecular weight excluding hydrogens is 286 g/mol. The van der Waals surface area contributed by atoms with Crippen LogP contribution in [-0.2, 0) is 17.9 Å². The molecule has 1 saturated carbocycles. The quantitative estimate of drug-likeness (QED) is 0.813. The van der Waals surface area contributed by atoms with Crippen molar-refractivity contribution in [3.8, 4) is 0 Å². The molecule has 128 valence electrons. The van der Waals surface area contributed by atoms with E-state index < -0.39 is 5.54 Å². The molecule has 2 rings (SSSR count). The maximum atomic E-state index is 12.4. The van der Waals surface area contributed by atoms with E-state index in [-0.39, 0.29) is 5.91 Å². The number of nitrogens with two attached hydrogens (primary N) is 1. The highest BCUT2D eigenvalue weighted by Gasteiger charge is 2.34. The molecule has 0 saturated heterocycles. The monoisotopic (exact) mass is 317 g/mol. The van der Waals surface area contributed by atoms with Crippen molar-refractivity contribution < 1.29 is 4.79 Å². The Balaban J connectivity index is 1.91.